The van der Waals surface area contributed by atoms with Crippen LogP contribution in [0, 0.1) is 0 Å². The van der Waals surface area contributed by atoms with E-state index in [9.17, 15) is 9.59 Å². The Hall–Kier alpha value is -2.44. The minimum absolute atomic E-state index is 0.125. The summed E-state index contributed by atoms with van der Waals surface area (Å²) in [5, 5.41) is 22.8. The molecule has 0 atom stereocenters. The van der Waals surface area contributed by atoms with Gasteiger partial charge in [0.1, 0.15) is 0 Å². The number of imide groups is 1. The molecule has 28 heavy (non-hydrogen) atoms. The Labute approximate surface area is 165 Å². The SMILES string of the molecule is O=C1c2cccc3c(NCCCCCO)ccc(c23)C(=O)N1CCCCCO. The Morgan fingerprint density at radius 1 is 0.786 bits per heavy atom. The summed E-state index contributed by atoms with van der Waals surface area (Å²) in [6.45, 7) is 1.48. The van der Waals surface area contributed by atoms with Gasteiger partial charge in [-0.05, 0) is 56.7 Å². The van der Waals surface area contributed by atoms with Crippen molar-refractivity contribution in [2.75, 3.05) is 31.6 Å². The van der Waals surface area contributed by atoms with E-state index in [1.54, 1.807) is 12.1 Å². The van der Waals surface area contributed by atoms with Crippen LogP contribution in [0.3, 0.4) is 0 Å². The summed E-state index contributed by atoms with van der Waals surface area (Å²) in [5.41, 5.74) is 2.05. The summed E-state index contributed by atoms with van der Waals surface area (Å²) >= 11 is 0. The molecular weight excluding hydrogens is 356 g/mol. The minimum atomic E-state index is -0.243. The third-order valence-corrected chi connectivity index (χ3v) is 5.18. The molecular formula is C22H28N2O4. The summed E-state index contributed by atoms with van der Waals surface area (Å²) in [5.74, 6) is -0.487. The number of nitrogens with zero attached hydrogens (tertiary/aromatic N) is 1. The molecule has 0 unspecified atom stereocenters. The van der Waals surface area contributed by atoms with Crippen molar-refractivity contribution in [3.05, 3.63) is 41.5 Å². The van der Waals surface area contributed by atoms with Crippen molar-refractivity contribution in [3.63, 3.8) is 0 Å². The summed E-state index contributed by atoms with van der Waals surface area (Å²) in [4.78, 5) is 27.2. The molecule has 0 saturated carbocycles. The molecule has 1 aliphatic rings. The average Bonchev–Trinajstić information content (AvgIpc) is 2.71. The van der Waals surface area contributed by atoms with E-state index >= 15 is 0 Å². The molecule has 0 bridgehead atoms. The lowest BCUT2D eigenvalue weighted by Gasteiger charge is -2.28. The number of anilines is 1. The Morgan fingerprint density at radius 2 is 1.46 bits per heavy atom. The third kappa shape index (κ3) is 4.18. The molecule has 6 heteroatoms. The number of aliphatic hydroxyl groups is 2. The van der Waals surface area contributed by atoms with Gasteiger partial charge in [-0.1, -0.05) is 12.1 Å². The van der Waals surface area contributed by atoms with Crippen LogP contribution in [0.25, 0.3) is 10.8 Å². The Balaban J connectivity index is 1.83. The molecule has 2 aromatic carbocycles. The van der Waals surface area contributed by atoms with Crippen LogP contribution in [0.5, 0.6) is 0 Å². The van der Waals surface area contributed by atoms with E-state index in [1.165, 1.54) is 4.90 Å². The second-order valence-corrected chi connectivity index (χ2v) is 7.15. The Bertz CT molecular complexity index is 828. The van der Waals surface area contributed by atoms with Crippen molar-refractivity contribution in [1.82, 2.24) is 4.90 Å². The molecule has 0 radical (unpaired) electrons. The maximum absolute atomic E-state index is 12.9. The van der Waals surface area contributed by atoms with E-state index in [4.69, 9.17) is 10.2 Å². The van der Waals surface area contributed by atoms with Crippen LogP contribution in [0.1, 0.15) is 59.2 Å². The standard InChI is InChI=1S/C22H28N2O4/c25-14-5-1-3-12-23-19-11-10-18-20-16(19)8-7-9-17(20)21(27)24(22(18)28)13-4-2-6-15-26/h7-11,23,25-26H,1-6,12-15H2. The topological polar surface area (TPSA) is 89.9 Å². The number of amides is 2. The first kappa shape index (κ1) is 20.3. The van der Waals surface area contributed by atoms with Crippen LogP contribution >= 0.6 is 0 Å². The molecule has 0 spiro atoms. The summed E-state index contributed by atoms with van der Waals surface area (Å²) in [7, 11) is 0. The lowest BCUT2D eigenvalue weighted by molar-refractivity contribution is 0.0607. The number of aliphatic hydroxyl groups excluding tert-OH is 2. The van der Waals surface area contributed by atoms with Crippen molar-refractivity contribution in [3.8, 4) is 0 Å². The maximum atomic E-state index is 12.9. The van der Waals surface area contributed by atoms with Gasteiger partial charge in [0, 0.05) is 53.9 Å². The van der Waals surface area contributed by atoms with Gasteiger partial charge in [-0.2, -0.15) is 0 Å². The number of rotatable bonds is 11. The highest BCUT2D eigenvalue weighted by molar-refractivity contribution is 6.26. The molecule has 2 aromatic rings. The highest BCUT2D eigenvalue weighted by atomic mass is 16.3. The van der Waals surface area contributed by atoms with Gasteiger partial charge in [-0.15, -0.1) is 0 Å². The molecule has 0 aliphatic carbocycles. The lowest BCUT2D eigenvalue weighted by atomic mass is 9.92. The highest BCUT2D eigenvalue weighted by Gasteiger charge is 2.32. The maximum Gasteiger partial charge on any atom is 0.261 e. The summed E-state index contributed by atoms with van der Waals surface area (Å²) in [6, 6.07) is 9.29. The number of carbonyl (C=O) groups excluding carboxylic acids is 2. The first-order valence-electron chi connectivity index (χ1n) is 10.1. The zero-order chi connectivity index (χ0) is 19.9. The molecule has 2 amide bonds. The van der Waals surface area contributed by atoms with Crippen LogP contribution in [-0.4, -0.2) is 53.2 Å². The van der Waals surface area contributed by atoms with E-state index < -0.39 is 0 Å². The van der Waals surface area contributed by atoms with Gasteiger partial charge in [0.15, 0.2) is 0 Å². The fourth-order valence-corrected chi connectivity index (χ4v) is 3.70. The average molecular weight is 384 g/mol. The molecule has 0 aromatic heterocycles. The Morgan fingerprint density at radius 3 is 2.18 bits per heavy atom. The quantitative estimate of drug-likeness (QED) is 0.409. The first-order valence-corrected chi connectivity index (χ1v) is 10.1. The fraction of sp³-hybridized carbons (Fsp3) is 0.455. The van der Waals surface area contributed by atoms with Crippen LogP contribution in [0.4, 0.5) is 5.69 Å². The smallest absolute Gasteiger partial charge is 0.261 e. The van der Waals surface area contributed by atoms with Crippen LogP contribution in [0.2, 0.25) is 0 Å². The highest BCUT2D eigenvalue weighted by Crippen LogP contribution is 2.34. The largest absolute Gasteiger partial charge is 0.396 e. The molecule has 3 rings (SSSR count). The van der Waals surface area contributed by atoms with Gasteiger partial charge in [0.05, 0.1) is 0 Å². The number of unbranched alkanes of at least 4 members (excludes halogenated alkanes) is 4. The van der Waals surface area contributed by atoms with Crippen molar-refractivity contribution < 1.29 is 19.8 Å². The third-order valence-electron chi connectivity index (χ3n) is 5.18. The second kappa shape index (κ2) is 9.66. The van der Waals surface area contributed by atoms with Gasteiger partial charge >= 0.3 is 0 Å². The van der Waals surface area contributed by atoms with Crippen molar-refractivity contribution in [2.45, 2.75) is 38.5 Å². The zero-order valence-electron chi connectivity index (χ0n) is 16.1. The van der Waals surface area contributed by atoms with Gasteiger partial charge in [0.2, 0.25) is 0 Å². The van der Waals surface area contributed by atoms with Crippen molar-refractivity contribution in [1.29, 1.82) is 0 Å². The minimum Gasteiger partial charge on any atom is -0.396 e. The number of nitrogens with one attached hydrogen (secondary N) is 1. The summed E-state index contributed by atoms with van der Waals surface area (Å²) in [6.07, 6.45) is 4.84. The number of hydrogen-bond donors (Lipinski definition) is 3. The van der Waals surface area contributed by atoms with Gasteiger partial charge in [0.25, 0.3) is 11.8 Å². The fourth-order valence-electron chi connectivity index (χ4n) is 3.70. The predicted octanol–water partition coefficient (Wildman–Crippen LogP) is 3.17. The first-order chi connectivity index (χ1) is 13.7. The Kier molecular flexibility index (Phi) is 7.01. The molecule has 6 nitrogen and oxygen atoms in total. The van der Waals surface area contributed by atoms with E-state index in [0.29, 0.717) is 30.5 Å². The van der Waals surface area contributed by atoms with E-state index in [-0.39, 0.29) is 25.0 Å². The van der Waals surface area contributed by atoms with Crippen LogP contribution in [-0.2, 0) is 0 Å². The van der Waals surface area contributed by atoms with Crippen LogP contribution in [0.15, 0.2) is 30.3 Å². The van der Waals surface area contributed by atoms with Gasteiger partial charge in [-0.25, -0.2) is 0 Å². The van der Waals surface area contributed by atoms with E-state index in [0.717, 1.165) is 48.7 Å². The van der Waals surface area contributed by atoms with Gasteiger partial charge < -0.3 is 15.5 Å². The molecule has 1 aliphatic heterocycles. The number of benzene rings is 2. The molecule has 0 fully saturated rings. The zero-order valence-corrected chi connectivity index (χ0v) is 16.1. The number of hydrogen-bond acceptors (Lipinski definition) is 5. The van der Waals surface area contributed by atoms with Crippen LogP contribution < -0.4 is 5.32 Å². The number of carbonyl (C=O) groups is 2. The second-order valence-electron chi connectivity index (χ2n) is 7.15. The summed E-state index contributed by atoms with van der Waals surface area (Å²) < 4.78 is 0. The predicted molar refractivity (Wildman–Crippen MR) is 110 cm³/mol. The lowest BCUT2D eigenvalue weighted by Crippen LogP contribution is -2.40. The van der Waals surface area contributed by atoms with Gasteiger partial charge in [-0.3, -0.25) is 14.5 Å². The molecule has 3 N–H and O–H groups in total. The molecule has 150 valence electrons. The van der Waals surface area contributed by atoms with E-state index in [2.05, 4.69) is 5.32 Å². The van der Waals surface area contributed by atoms with Crippen molar-refractivity contribution in [2.24, 2.45) is 0 Å². The molecule has 0 saturated heterocycles. The van der Waals surface area contributed by atoms with Crippen molar-refractivity contribution >= 4 is 28.3 Å². The normalized spacial score (nSPS) is 13.4. The van der Waals surface area contributed by atoms with E-state index in [1.807, 2.05) is 18.2 Å². The molecule has 1 heterocycles. The monoisotopic (exact) mass is 384 g/mol.